The Morgan fingerprint density at radius 3 is 2.50 bits per heavy atom. The van der Waals surface area contributed by atoms with Crippen LogP contribution in [0.15, 0.2) is 47.5 Å². The van der Waals surface area contributed by atoms with Crippen LogP contribution in [0.2, 0.25) is 0 Å². The van der Waals surface area contributed by atoms with Crippen LogP contribution in [0.25, 0.3) is 0 Å². The summed E-state index contributed by atoms with van der Waals surface area (Å²) in [5.74, 6) is 0. The van der Waals surface area contributed by atoms with E-state index in [1.165, 1.54) is 0 Å². The Hall–Kier alpha value is -0.560. The van der Waals surface area contributed by atoms with Gasteiger partial charge in [0.05, 0.1) is 0 Å². The normalized spacial score (nSPS) is 12.0. The SMILES string of the molecule is C=CC=CC(=C)C=C(C)Br. The van der Waals surface area contributed by atoms with E-state index < -0.39 is 0 Å². The van der Waals surface area contributed by atoms with Gasteiger partial charge in [-0.15, -0.1) is 0 Å². The number of hydrogen-bond donors (Lipinski definition) is 0. The standard InChI is InChI=1S/C9H11Br/c1-4-5-6-8(2)7-9(3)10/h4-7H,1-2H2,3H3. The molecule has 54 valence electrons. The molecule has 0 saturated carbocycles. The maximum atomic E-state index is 3.79. The quantitative estimate of drug-likeness (QED) is 0.609. The van der Waals surface area contributed by atoms with Crippen LogP contribution in [0.5, 0.6) is 0 Å². The molecule has 0 aliphatic rings. The second-order valence-electron chi connectivity index (χ2n) is 1.90. The number of allylic oxidation sites excluding steroid dienone is 6. The van der Waals surface area contributed by atoms with Crippen molar-refractivity contribution < 1.29 is 0 Å². The van der Waals surface area contributed by atoms with Crippen LogP contribution in [-0.2, 0) is 0 Å². The van der Waals surface area contributed by atoms with Crippen molar-refractivity contribution in [2.45, 2.75) is 6.92 Å². The fraction of sp³-hybridized carbons (Fsp3) is 0.111. The second-order valence-corrected chi connectivity index (χ2v) is 3.15. The summed E-state index contributed by atoms with van der Waals surface area (Å²) < 4.78 is 1.08. The molecule has 10 heavy (non-hydrogen) atoms. The van der Waals surface area contributed by atoms with Crippen molar-refractivity contribution in [3.8, 4) is 0 Å². The molecule has 0 amide bonds. The van der Waals surface area contributed by atoms with Crippen molar-refractivity contribution in [1.29, 1.82) is 0 Å². The molecule has 0 unspecified atom stereocenters. The Morgan fingerprint density at radius 2 is 2.10 bits per heavy atom. The molecule has 0 saturated heterocycles. The molecule has 0 aromatic heterocycles. The zero-order valence-corrected chi connectivity index (χ0v) is 7.69. The highest BCUT2D eigenvalue weighted by Crippen LogP contribution is 2.07. The van der Waals surface area contributed by atoms with Crippen LogP contribution in [0.4, 0.5) is 0 Å². The fourth-order valence-electron chi connectivity index (χ4n) is 0.495. The molecule has 0 radical (unpaired) electrons. The van der Waals surface area contributed by atoms with Gasteiger partial charge in [0.25, 0.3) is 0 Å². The van der Waals surface area contributed by atoms with Crippen LogP contribution in [-0.4, -0.2) is 0 Å². The summed E-state index contributed by atoms with van der Waals surface area (Å²) in [7, 11) is 0. The fourth-order valence-corrected chi connectivity index (χ4v) is 0.789. The van der Waals surface area contributed by atoms with Gasteiger partial charge >= 0.3 is 0 Å². The summed E-state index contributed by atoms with van der Waals surface area (Å²) in [6, 6.07) is 0. The van der Waals surface area contributed by atoms with Gasteiger partial charge in [0.15, 0.2) is 0 Å². The van der Waals surface area contributed by atoms with Gasteiger partial charge in [-0.25, -0.2) is 0 Å². The summed E-state index contributed by atoms with van der Waals surface area (Å²) in [6.07, 6.45) is 7.43. The van der Waals surface area contributed by atoms with E-state index >= 15 is 0 Å². The minimum absolute atomic E-state index is 0.967. The van der Waals surface area contributed by atoms with E-state index in [0.717, 1.165) is 10.1 Å². The molecular formula is C9H11Br. The first-order chi connectivity index (χ1) is 4.66. The van der Waals surface area contributed by atoms with Crippen molar-refractivity contribution in [2.75, 3.05) is 0 Å². The van der Waals surface area contributed by atoms with Crippen molar-refractivity contribution in [3.63, 3.8) is 0 Å². The molecule has 0 aliphatic heterocycles. The molecule has 0 bridgehead atoms. The molecule has 0 N–H and O–H groups in total. The van der Waals surface area contributed by atoms with Crippen molar-refractivity contribution in [1.82, 2.24) is 0 Å². The lowest BCUT2D eigenvalue weighted by Gasteiger charge is -1.87. The van der Waals surface area contributed by atoms with Crippen LogP contribution in [0, 0.1) is 0 Å². The Labute approximate surface area is 70.8 Å². The monoisotopic (exact) mass is 198 g/mol. The predicted octanol–water partition coefficient (Wildman–Crippen LogP) is 3.58. The van der Waals surface area contributed by atoms with E-state index in [0.29, 0.717) is 0 Å². The third kappa shape index (κ3) is 5.57. The van der Waals surface area contributed by atoms with E-state index in [4.69, 9.17) is 0 Å². The number of hydrogen-bond acceptors (Lipinski definition) is 0. The van der Waals surface area contributed by atoms with Crippen molar-refractivity contribution >= 4 is 15.9 Å². The smallest absolute Gasteiger partial charge is 0.00747 e. The van der Waals surface area contributed by atoms with Gasteiger partial charge in [-0.1, -0.05) is 47.3 Å². The van der Waals surface area contributed by atoms with Crippen LogP contribution < -0.4 is 0 Å². The highest BCUT2D eigenvalue weighted by atomic mass is 79.9. The summed E-state index contributed by atoms with van der Waals surface area (Å²) >= 11 is 3.31. The Bertz CT molecular complexity index is 181. The van der Waals surface area contributed by atoms with Crippen molar-refractivity contribution in [3.05, 3.63) is 47.5 Å². The molecule has 0 aromatic carbocycles. The van der Waals surface area contributed by atoms with Gasteiger partial charge < -0.3 is 0 Å². The minimum Gasteiger partial charge on any atom is -0.0991 e. The third-order valence-corrected chi connectivity index (χ3v) is 1.06. The molecule has 0 spiro atoms. The molecule has 0 aliphatic carbocycles. The lowest BCUT2D eigenvalue weighted by molar-refractivity contribution is 1.63. The van der Waals surface area contributed by atoms with Gasteiger partial charge in [-0.2, -0.15) is 0 Å². The first kappa shape index (κ1) is 9.44. The highest BCUT2D eigenvalue weighted by Gasteiger charge is 1.80. The predicted molar refractivity (Wildman–Crippen MR) is 51.2 cm³/mol. The van der Waals surface area contributed by atoms with Gasteiger partial charge in [-0.3, -0.25) is 0 Å². The summed E-state index contributed by atoms with van der Waals surface area (Å²) in [6.45, 7) is 9.31. The van der Waals surface area contributed by atoms with Gasteiger partial charge in [0.1, 0.15) is 0 Å². The minimum atomic E-state index is 0.967. The van der Waals surface area contributed by atoms with Crippen molar-refractivity contribution in [2.24, 2.45) is 0 Å². The Kier molecular flexibility index (Phi) is 4.95. The van der Waals surface area contributed by atoms with Gasteiger partial charge in [-0.05, 0) is 23.1 Å². The zero-order chi connectivity index (χ0) is 7.98. The summed E-state index contributed by atoms with van der Waals surface area (Å²) in [4.78, 5) is 0. The molecule has 0 aromatic rings. The van der Waals surface area contributed by atoms with E-state index in [1.54, 1.807) is 6.08 Å². The zero-order valence-electron chi connectivity index (χ0n) is 6.10. The highest BCUT2D eigenvalue weighted by molar-refractivity contribution is 9.11. The lowest BCUT2D eigenvalue weighted by Crippen LogP contribution is -1.66. The molecule has 0 atom stereocenters. The Balaban J connectivity index is 3.99. The van der Waals surface area contributed by atoms with Gasteiger partial charge in [0.2, 0.25) is 0 Å². The van der Waals surface area contributed by atoms with Crippen LogP contribution in [0.1, 0.15) is 6.92 Å². The topological polar surface area (TPSA) is 0 Å². The molecule has 0 fully saturated rings. The number of halogens is 1. The average molecular weight is 199 g/mol. The molecule has 0 rings (SSSR count). The summed E-state index contributed by atoms with van der Waals surface area (Å²) in [5.41, 5.74) is 0.967. The van der Waals surface area contributed by atoms with E-state index in [2.05, 4.69) is 29.1 Å². The summed E-state index contributed by atoms with van der Waals surface area (Å²) in [5, 5.41) is 0. The molecule has 0 nitrogen and oxygen atoms in total. The molecule has 1 heteroatoms. The Morgan fingerprint density at radius 1 is 1.50 bits per heavy atom. The molecule has 0 heterocycles. The maximum absolute atomic E-state index is 3.79. The van der Waals surface area contributed by atoms with E-state index in [-0.39, 0.29) is 0 Å². The van der Waals surface area contributed by atoms with Gasteiger partial charge in [0, 0.05) is 0 Å². The number of rotatable bonds is 3. The largest absolute Gasteiger partial charge is 0.0991 e. The average Bonchev–Trinajstić information content (AvgIpc) is 1.82. The van der Waals surface area contributed by atoms with E-state index in [9.17, 15) is 0 Å². The van der Waals surface area contributed by atoms with E-state index in [1.807, 2.05) is 25.2 Å². The molecular weight excluding hydrogens is 188 g/mol. The third-order valence-electron chi connectivity index (χ3n) is 0.831. The first-order valence-electron chi connectivity index (χ1n) is 2.98. The lowest BCUT2D eigenvalue weighted by atomic mass is 10.2. The van der Waals surface area contributed by atoms with Crippen LogP contribution in [0.3, 0.4) is 0 Å². The van der Waals surface area contributed by atoms with Crippen LogP contribution >= 0.6 is 15.9 Å². The second kappa shape index (κ2) is 5.24. The first-order valence-corrected chi connectivity index (χ1v) is 3.78. The maximum Gasteiger partial charge on any atom is -0.00747 e.